The van der Waals surface area contributed by atoms with Gasteiger partial charge in [-0.25, -0.2) is 13.6 Å². The molecule has 0 spiro atoms. The van der Waals surface area contributed by atoms with Crippen LogP contribution in [0.1, 0.15) is 25.3 Å². The van der Waals surface area contributed by atoms with E-state index < -0.39 is 10.0 Å². The Morgan fingerprint density at radius 3 is 2.67 bits per heavy atom. The number of benzene rings is 1. The molecule has 1 rings (SSSR count). The van der Waals surface area contributed by atoms with Gasteiger partial charge in [0.05, 0.1) is 4.90 Å². The predicted octanol–water partition coefficient (Wildman–Crippen LogP) is 1.43. The van der Waals surface area contributed by atoms with Crippen LogP contribution in [0.5, 0.6) is 0 Å². The number of nitrogens with two attached hydrogens (primary N) is 1. The Morgan fingerprint density at radius 1 is 1.29 bits per heavy atom. The third-order valence-electron chi connectivity index (χ3n) is 3.12. The summed E-state index contributed by atoms with van der Waals surface area (Å²) in [5, 5.41) is 11.5. The van der Waals surface area contributed by atoms with E-state index in [2.05, 4.69) is 15.6 Å². The number of guanidine groups is 1. The number of nitrogens with one attached hydrogen (secondary N) is 2. The Hall–Kier alpha value is -0.910. The first-order chi connectivity index (χ1) is 11.0. The molecule has 0 aliphatic heterocycles. The first-order valence-electron chi connectivity index (χ1n) is 7.61. The first kappa shape index (κ1) is 23.1. The van der Waals surface area contributed by atoms with Crippen LogP contribution in [-0.4, -0.2) is 41.2 Å². The summed E-state index contributed by atoms with van der Waals surface area (Å²) in [6.45, 7) is 4.75. The van der Waals surface area contributed by atoms with Gasteiger partial charge in [-0.1, -0.05) is 12.1 Å². The molecule has 0 atom stereocenters. The van der Waals surface area contributed by atoms with Crippen LogP contribution in [0.2, 0.25) is 0 Å². The van der Waals surface area contributed by atoms with Crippen molar-refractivity contribution in [3.63, 3.8) is 0 Å². The summed E-state index contributed by atoms with van der Waals surface area (Å²) < 4.78 is 28.0. The second-order valence-corrected chi connectivity index (χ2v) is 6.51. The number of hydrogen-bond acceptors (Lipinski definition) is 4. The molecule has 138 valence electrons. The van der Waals surface area contributed by atoms with Crippen molar-refractivity contribution in [3.05, 3.63) is 29.8 Å². The van der Waals surface area contributed by atoms with E-state index in [1.807, 2.05) is 13.0 Å². The molecule has 0 aromatic heterocycles. The Balaban J connectivity index is 0.00000529. The highest BCUT2D eigenvalue weighted by Crippen LogP contribution is 2.09. The Bertz CT molecular complexity index is 608. The fourth-order valence-corrected chi connectivity index (χ4v) is 2.50. The van der Waals surface area contributed by atoms with Crippen molar-refractivity contribution in [2.45, 2.75) is 31.2 Å². The highest BCUT2D eigenvalue weighted by atomic mass is 127. The molecule has 0 saturated heterocycles. The number of rotatable bonds is 9. The van der Waals surface area contributed by atoms with Crippen molar-refractivity contribution in [2.24, 2.45) is 10.1 Å². The molecular formula is C15H27IN4O3S. The van der Waals surface area contributed by atoms with E-state index in [0.717, 1.165) is 38.2 Å². The van der Waals surface area contributed by atoms with Crippen molar-refractivity contribution >= 4 is 40.0 Å². The lowest BCUT2D eigenvalue weighted by Gasteiger charge is -2.12. The van der Waals surface area contributed by atoms with Crippen molar-refractivity contribution < 1.29 is 13.2 Å². The van der Waals surface area contributed by atoms with Crippen LogP contribution in [0, 0.1) is 0 Å². The maximum Gasteiger partial charge on any atom is 0.238 e. The molecule has 24 heavy (non-hydrogen) atoms. The fraction of sp³-hybridized carbons (Fsp3) is 0.533. The van der Waals surface area contributed by atoms with E-state index in [1.54, 1.807) is 19.2 Å². The molecule has 0 bridgehead atoms. The van der Waals surface area contributed by atoms with E-state index >= 15 is 0 Å². The highest BCUT2D eigenvalue weighted by Gasteiger charge is 2.08. The lowest BCUT2D eigenvalue weighted by atomic mass is 10.2. The van der Waals surface area contributed by atoms with Crippen molar-refractivity contribution in [1.29, 1.82) is 0 Å². The summed E-state index contributed by atoms with van der Waals surface area (Å²) >= 11 is 0. The van der Waals surface area contributed by atoms with Gasteiger partial charge in [-0.3, -0.25) is 4.99 Å². The Kier molecular flexibility index (Phi) is 12.0. The summed E-state index contributed by atoms with van der Waals surface area (Å²) in [4.78, 5) is 4.24. The molecule has 0 fully saturated rings. The van der Waals surface area contributed by atoms with Crippen LogP contribution < -0.4 is 15.8 Å². The number of sulfonamides is 1. The predicted molar refractivity (Wildman–Crippen MR) is 107 cm³/mol. The number of hydrogen-bond donors (Lipinski definition) is 3. The average molecular weight is 470 g/mol. The zero-order valence-electron chi connectivity index (χ0n) is 14.1. The third kappa shape index (κ3) is 9.40. The van der Waals surface area contributed by atoms with E-state index in [9.17, 15) is 8.42 Å². The average Bonchev–Trinajstić information content (AvgIpc) is 2.53. The van der Waals surface area contributed by atoms with E-state index in [4.69, 9.17) is 9.88 Å². The molecule has 9 heteroatoms. The maximum absolute atomic E-state index is 11.3. The topological polar surface area (TPSA) is 106 Å². The quantitative estimate of drug-likeness (QED) is 0.219. The molecular weight excluding hydrogens is 443 g/mol. The lowest BCUT2D eigenvalue weighted by Crippen LogP contribution is -2.37. The van der Waals surface area contributed by atoms with Crippen molar-refractivity contribution in [2.75, 3.05) is 26.8 Å². The monoisotopic (exact) mass is 470 g/mol. The first-order valence-corrected chi connectivity index (χ1v) is 9.16. The van der Waals surface area contributed by atoms with Gasteiger partial charge >= 0.3 is 0 Å². The normalized spacial score (nSPS) is 11.7. The second-order valence-electron chi connectivity index (χ2n) is 4.95. The third-order valence-corrected chi connectivity index (χ3v) is 4.03. The summed E-state index contributed by atoms with van der Waals surface area (Å²) in [5.74, 6) is 0.669. The van der Waals surface area contributed by atoms with E-state index in [0.29, 0.717) is 12.5 Å². The minimum atomic E-state index is -3.68. The second kappa shape index (κ2) is 12.5. The van der Waals surface area contributed by atoms with Crippen LogP contribution in [0.4, 0.5) is 0 Å². The van der Waals surface area contributed by atoms with Crippen LogP contribution in [-0.2, 0) is 21.3 Å². The van der Waals surface area contributed by atoms with Gasteiger partial charge in [-0.05, 0) is 37.5 Å². The molecule has 0 amide bonds. The summed E-state index contributed by atoms with van der Waals surface area (Å²) in [7, 11) is -1.99. The van der Waals surface area contributed by atoms with Crippen LogP contribution in [0.15, 0.2) is 34.2 Å². The van der Waals surface area contributed by atoms with Gasteiger partial charge in [0.1, 0.15) is 0 Å². The van der Waals surface area contributed by atoms with Gasteiger partial charge in [0.25, 0.3) is 0 Å². The molecule has 0 aliphatic carbocycles. The van der Waals surface area contributed by atoms with Crippen LogP contribution in [0.25, 0.3) is 0 Å². The number of ether oxygens (including phenoxy) is 1. The molecule has 0 radical (unpaired) electrons. The van der Waals surface area contributed by atoms with E-state index in [-0.39, 0.29) is 28.9 Å². The molecule has 1 aromatic carbocycles. The number of nitrogens with zero attached hydrogens (tertiary/aromatic N) is 1. The fourth-order valence-electron chi connectivity index (χ4n) is 1.92. The summed E-state index contributed by atoms with van der Waals surface area (Å²) in [6.07, 6.45) is 1.98. The maximum atomic E-state index is 11.3. The molecule has 0 aliphatic rings. The number of unbranched alkanes of at least 4 members (excludes halogenated alkanes) is 1. The number of halogens is 1. The Labute approximate surface area is 161 Å². The van der Waals surface area contributed by atoms with Gasteiger partial charge in [-0.15, -0.1) is 24.0 Å². The molecule has 0 saturated carbocycles. The summed E-state index contributed by atoms with van der Waals surface area (Å²) in [6, 6.07) is 6.53. The minimum absolute atomic E-state index is 0. The largest absolute Gasteiger partial charge is 0.382 e. The van der Waals surface area contributed by atoms with E-state index in [1.165, 1.54) is 6.07 Å². The zero-order chi connectivity index (χ0) is 17.1. The Morgan fingerprint density at radius 2 is 2.04 bits per heavy atom. The summed E-state index contributed by atoms with van der Waals surface area (Å²) in [5.41, 5.74) is 0.816. The molecule has 1 aromatic rings. The molecule has 0 unspecified atom stereocenters. The highest BCUT2D eigenvalue weighted by molar-refractivity contribution is 14.0. The minimum Gasteiger partial charge on any atom is -0.382 e. The molecule has 4 N–H and O–H groups in total. The van der Waals surface area contributed by atoms with Gasteiger partial charge in [0.15, 0.2) is 5.96 Å². The van der Waals surface area contributed by atoms with Crippen LogP contribution in [0.3, 0.4) is 0 Å². The van der Waals surface area contributed by atoms with Gasteiger partial charge < -0.3 is 15.4 Å². The van der Waals surface area contributed by atoms with Crippen LogP contribution >= 0.6 is 24.0 Å². The SMILES string of the molecule is CCOCCCCNC(=NC)NCc1cccc(S(N)(=O)=O)c1.I. The molecule has 7 nitrogen and oxygen atoms in total. The lowest BCUT2D eigenvalue weighted by molar-refractivity contribution is 0.143. The van der Waals surface area contributed by atoms with Gasteiger partial charge in [-0.2, -0.15) is 0 Å². The standard InChI is InChI=1S/C15H26N4O3S.HI/c1-3-22-10-5-4-9-18-15(17-2)19-12-13-7-6-8-14(11-13)23(16,20)21;/h6-8,11H,3-5,9-10,12H2,1-2H3,(H2,16,20,21)(H2,17,18,19);1H. The smallest absolute Gasteiger partial charge is 0.238 e. The van der Waals surface area contributed by atoms with Crippen molar-refractivity contribution in [1.82, 2.24) is 10.6 Å². The zero-order valence-corrected chi connectivity index (χ0v) is 17.3. The van der Waals surface area contributed by atoms with Crippen molar-refractivity contribution in [3.8, 4) is 0 Å². The number of primary sulfonamides is 1. The number of aliphatic imine (C=N–C) groups is 1. The molecule has 0 heterocycles. The van der Waals surface area contributed by atoms with Gasteiger partial charge in [0.2, 0.25) is 10.0 Å². The van der Waals surface area contributed by atoms with Gasteiger partial charge in [0, 0.05) is 33.4 Å².